The summed E-state index contributed by atoms with van der Waals surface area (Å²) in [4.78, 5) is 0. The summed E-state index contributed by atoms with van der Waals surface area (Å²) in [7, 11) is 0. The number of rotatable bonds is 4. The summed E-state index contributed by atoms with van der Waals surface area (Å²) in [5, 5.41) is 2.52. The van der Waals surface area contributed by atoms with E-state index in [1.165, 1.54) is 60.9 Å². The van der Waals surface area contributed by atoms with Gasteiger partial charge in [0, 0.05) is 20.9 Å². The molecule has 0 saturated carbocycles. The van der Waals surface area contributed by atoms with Crippen molar-refractivity contribution in [3.05, 3.63) is 150 Å². The van der Waals surface area contributed by atoms with E-state index in [1.807, 2.05) is 0 Å². The molecule has 1 aromatic heterocycles. The van der Waals surface area contributed by atoms with Crippen LogP contribution in [0.15, 0.2) is 150 Å². The molecule has 0 aliphatic carbocycles. The first-order chi connectivity index (χ1) is 18.8. The number of hydrogen-bond donors (Lipinski definition) is 0. The van der Waals surface area contributed by atoms with E-state index >= 15 is 0 Å². The fourth-order valence-electron chi connectivity index (χ4n) is 5.45. The summed E-state index contributed by atoms with van der Waals surface area (Å²) in [5.74, 6) is 0. The van der Waals surface area contributed by atoms with Crippen LogP contribution in [-0.4, -0.2) is 4.57 Å². The molecule has 0 amide bonds. The number of fused-ring (bicyclic) bond motifs is 3. The SMILES string of the molecule is Brc1ccccc1-c1cccc(-c2ccc3c(c2)c2ccccc2n3-c2cccc(-c3ccccc3)c2)c1. The highest BCUT2D eigenvalue weighted by Gasteiger charge is 2.14. The van der Waals surface area contributed by atoms with Gasteiger partial charge in [-0.3, -0.25) is 0 Å². The van der Waals surface area contributed by atoms with Gasteiger partial charge in [-0.2, -0.15) is 0 Å². The number of hydrogen-bond acceptors (Lipinski definition) is 0. The standard InChI is InChI=1S/C36H24BrN/c37-34-18-6-4-16-31(34)29-14-8-12-26(22-29)28-20-21-36-33(24-28)32-17-5-7-19-35(32)38(36)30-15-9-13-27(23-30)25-10-2-1-3-11-25/h1-24H. The lowest BCUT2D eigenvalue weighted by atomic mass is 9.98. The van der Waals surface area contributed by atoms with Gasteiger partial charge >= 0.3 is 0 Å². The second-order valence-electron chi connectivity index (χ2n) is 9.56. The number of nitrogens with zero attached hydrogens (tertiary/aromatic N) is 1. The van der Waals surface area contributed by atoms with Crippen LogP contribution < -0.4 is 0 Å². The molecule has 0 aliphatic rings. The Bertz CT molecular complexity index is 1930. The minimum absolute atomic E-state index is 1.11. The lowest BCUT2D eigenvalue weighted by molar-refractivity contribution is 1.18. The van der Waals surface area contributed by atoms with Crippen molar-refractivity contribution in [1.29, 1.82) is 0 Å². The molecule has 2 heteroatoms. The van der Waals surface area contributed by atoms with Crippen LogP contribution in [0.25, 0.3) is 60.9 Å². The van der Waals surface area contributed by atoms with Gasteiger partial charge in [-0.15, -0.1) is 0 Å². The van der Waals surface area contributed by atoms with Gasteiger partial charge in [-0.05, 0) is 75.8 Å². The van der Waals surface area contributed by atoms with Gasteiger partial charge in [0.1, 0.15) is 0 Å². The van der Waals surface area contributed by atoms with Gasteiger partial charge in [0.15, 0.2) is 0 Å². The molecule has 7 rings (SSSR count). The van der Waals surface area contributed by atoms with E-state index in [2.05, 4.69) is 166 Å². The van der Waals surface area contributed by atoms with Crippen molar-refractivity contribution < 1.29 is 0 Å². The maximum absolute atomic E-state index is 3.72. The zero-order valence-corrected chi connectivity index (χ0v) is 22.3. The molecule has 0 unspecified atom stereocenters. The van der Waals surface area contributed by atoms with E-state index < -0.39 is 0 Å². The number of benzene rings is 6. The predicted octanol–water partition coefficient (Wildman–Crippen LogP) is 10.5. The third-order valence-electron chi connectivity index (χ3n) is 7.26. The molecule has 0 spiro atoms. The van der Waals surface area contributed by atoms with Gasteiger partial charge in [0.2, 0.25) is 0 Å². The average Bonchev–Trinajstić information content (AvgIpc) is 3.32. The minimum atomic E-state index is 1.11. The summed E-state index contributed by atoms with van der Waals surface area (Å²) in [6, 6.07) is 52.2. The normalized spacial score (nSPS) is 11.3. The molecule has 0 fully saturated rings. The van der Waals surface area contributed by atoms with Crippen molar-refractivity contribution in [2.45, 2.75) is 0 Å². The molecule has 0 saturated heterocycles. The first-order valence-electron chi connectivity index (χ1n) is 12.8. The molecule has 0 N–H and O–H groups in total. The molecule has 0 aliphatic heterocycles. The average molecular weight is 550 g/mol. The van der Waals surface area contributed by atoms with Crippen LogP contribution in [0.2, 0.25) is 0 Å². The lowest BCUT2D eigenvalue weighted by Crippen LogP contribution is -1.94. The van der Waals surface area contributed by atoms with E-state index in [4.69, 9.17) is 0 Å². The zero-order valence-electron chi connectivity index (χ0n) is 20.7. The van der Waals surface area contributed by atoms with Crippen molar-refractivity contribution >= 4 is 37.7 Å². The van der Waals surface area contributed by atoms with Crippen LogP contribution in [0.3, 0.4) is 0 Å². The predicted molar refractivity (Wildman–Crippen MR) is 165 cm³/mol. The first kappa shape index (κ1) is 22.8. The topological polar surface area (TPSA) is 4.93 Å². The van der Waals surface area contributed by atoms with Gasteiger partial charge in [-0.1, -0.05) is 119 Å². The highest BCUT2D eigenvalue weighted by Crippen LogP contribution is 2.37. The fourth-order valence-corrected chi connectivity index (χ4v) is 5.96. The Labute approximate surface area is 230 Å². The van der Waals surface area contributed by atoms with Gasteiger partial charge in [0.05, 0.1) is 11.0 Å². The Balaban J connectivity index is 1.39. The van der Waals surface area contributed by atoms with Crippen LogP contribution >= 0.6 is 15.9 Å². The zero-order chi connectivity index (χ0) is 25.5. The van der Waals surface area contributed by atoms with Crippen molar-refractivity contribution in [1.82, 2.24) is 4.57 Å². The van der Waals surface area contributed by atoms with Crippen LogP contribution in [0.5, 0.6) is 0 Å². The molecule has 6 aromatic carbocycles. The largest absolute Gasteiger partial charge is 0.309 e. The van der Waals surface area contributed by atoms with Crippen LogP contribution in [-0.2, 0) is 0 Å². The third-order valence-corrected chi connectivity index (χ3v) is 7.96. The first-order valence-corrected chi connectivity index (χ1v) is 13.6. The van der Waals surface area contributed by atoms with Crippen molar-refractivity contribution in [3.8, 4) is 39.1 Å². The quantitative estimate of drug-likeness (QED) is 0.205. The Morgan fingerprint density at radius 3 is 1.89 bits per heavy atom. The minimum Gasteiger partial charge on any atom is -0.309 e. The third kappa shape index (κ3) is 3.95. The molecule has 38 heavy (non-hydrogen) atoms. The van der Waals surface area contributed by atoms with Crippen LogP contribution in [0, 0.1) is 0 Å². The molecule has 180 valence electrons. The van der Waals surface area contributed by atoms with E-state index in [9.17, 15) is 0 Å². The summed E-state index contributed by atoms with van der Waals surface area (Å²) in [5.41, 5.74) is 10.9. The molecule has 0 radical (unpaired) electrons. The van der Waals surface area contributed by atoms with Crippen LogP contribution in [0.4, 0.5) is 0 Å². The highest BCUT2D eigenvalue weighted by molar-refractivity contribution is 9.10. The van der Waals surface area contributed by atoms with Crippen molar-refractivity contribution in [2.24, 2.45) is 0 Å². The lowest BCUT2D eigenvalue weighted by Gasteiger charge is -2.11. The molecule has 7 aromatic rings. The molecule has 1 nitrogen and oxygen atoms in total. The number of para-hydroxylation sites is 1. The fraction of sp³-hybridized carbons (Fsp3) is 0. The second-order valence-corrected chi connectivity index (χ2v) is 10.4. The summed E-state index contributed by atoms with van der Waals surface area (Å²) in [6.07, 6.45) is 0. The van der Waals surface area contributed by atoms with Gasteiger partial charge < -0.3 is 4.57 Å². The second kappa shape index (κ2) is 9.48. The monoisotopic (exact) mass is 549 g/mol. The Kier molecular flexibility index (Phi) is 5.68. The van der Waals surface area contributed by atoms with Gasteiger partial charge in [0.25, 0.3) is 0 Å². The number of aromatic nitrogens is 1. The Morgan fingerprint density at radius 1 is 0.395 bits per heavy atom. The maximum Gasteiger partial charge on any atom is 0.0541 e. The van der Waals surface area contributed by atoms with E-state index in [1.54, 1.807) is 0 Å². The summed E-state index contributed by atoms with van der Waals surface area (Å²) >= 11 is 3.72. The number of halogens is 1. The van der Waals surface area contributed by atoms with Crippen molar-refractivity contribution in [3.63, 3.8) is 0 Å². The maximum atomic E-state index is 3.72. The van der Waals surface area contributed by atoms with E-state index in [0.29, 0.717) is 0 Å². The molecular weight excluding hydrogens is 526 g/mol. The summed E-state index contributed by atoms with van der Waals surface area (Å²) in [6.45, 7) is 0. The molecule has 0 atom stereocenters. The summed E-state index contributed by atoms with van der Waals surface area (Å²) < 4.78 is 3.49. The highest BCUT2D eigenvalue weighted by atomic mass is 79.9. The van der Waals surface area contributed by atoms with E-state index in [-0.39, 0.29) is 0 Å². The van der Waals surface area contributed by atoms with Gasteiger partial charge in [-0.25, -0.2) is 0 Å². The Morgan fingerprint density at radius 2 is 1.03 bits per heavy atom. The molecule has 0 bridgehead atoms. The van der Waals surface area contributed by atoms with Crippen molar-refractivity contribution in [2.75, 3.05) is 0 Å². The smallest absolute Gasteiger partial charge is 0.0541 e. The molecule has 1 heterocycles. The molecular formula is C36H24BrN. The Hall–Kier alpha value is -4.40. The van der Waals surface area contributed by atoms with Crippen LogP contribution in [0.1, 0.15) is 0 Å². The van der Waals surface area contributed by atoms with E-state index in [0.717, 1.165) is 4.47 Å².